The summed E-state index contributed by atoms with van der Waals surface area (Å²) in [6.45, 7) is 0.570. The summed E-state index contributed by atoms with van der Waals surface area (Å²) >= 11 is 1.44. The lowest BCUT2D eigenvalue weighted by Crippen LogP contribution is -2.24. The van der Waals surface area contributed by atoms with Crippen molar-refractivity contribution in [3.05, 3.63) is 58.5 Å². The van der Waals surface area contributed by atoms with E-state index in [1.54, 1.807) is 13.3 Å². The van der Waals surface area contributed by atoms with E-state index >= 15 is 0 Å². The van der Waals surface area contributed by atoms with Crippen molar-refractivity contribution in [2.75, 3.05) is 13.7 Å². The lowest BCUT2D eigenvalue weighted by atomic mass is 10.2. The Kier molecular flexibility index (Phi) is 4.73. The van der Waals surface area contributed by atoms with Gasteiger partial charge in [0.2, 0.25) is 0 Å². The Bertz CT molecular complexity index is 764. The number of carbonyl (C=O) groups excluding carboxylic acids is 1. The van der Waals surface area contributed by atoms with Crippen LogP contribution in [0.3, 0.4) is 0 Å². The predicted molar refractivity (Wildman–Crippen MR) is 90.9 cm³/mol. The Morgan fingerprint density at radius 2 is 2.13 bits per heavy atom. The molecule has 118 valence electrons. The fourth-order valence-electron chi connectivity index (χ4n) is 2.19. The summed E-state index contributed by atoms with van der Waals surface area (Å²) in [5.74, 6) is 1.60. The highest BCUT2D eigenvalue weighted by Gasteiger charge is 2.07. The minimum Gasteiger partial charge on any atom is -0.497 e. The van der Waals surface area contributed by atoms with E-state index in [9.17, 15) is 4.79 Å². The first-order valence-corrected chi connectivity index (χ1v) is 8.14. The van der Waals surface area contributed by atoms with Gasteiger partial charge in [0, 0.05) is 30.4 Å². The van der Waals surface area contributed by atoms with Gasteiger partial charge >= 0.3 is 0 Å². The molecule has 1 amide bonds. The number of thiophene rings is 1. The second-order valence-corrected chi connectivity index (χ2v) is 5.92. The van der Waals surface area contributed by atoms with E-state index in [0.29, 0.717) is 13.0 Å². The van der Waals surface area contributed by atoms with Crippen molar-refractivity contribution >= 4 is 17.2 Å². The highest BCUT2D eigenvalue weighted by molar-refractivity contribution is 7.12. The van der Waals surface area contributed by atoms with Crippen molar-refractivity contribution in [2.24, 2.45) is 0 Å². The molecule has 0 bridgehead atoms. The largest absolute Gasteiger partial charge is 0.497 e. The summed E-state index contributed by atoms with van der Waals surface area (Å²) in [4.78, 5) is 20.2. The van der Waals surface area contributed by atoms with E-state index in [4.69, 9.17) is 4.74 Å². The third kappa shape index (κ3) is 3.78. The molecule has 0 radical (unpaired) electrons. The third-order valence-electron chi connectivity index (χ3n) is 3.42. The maximum atomic E-state index is 11.8. The van der Waals surface area contributed by atoms with Crippen LogP contribution in [0.15, 0.2) is 48.0 Å². The number of benzene rings is 1. The first-order chi connectivity index (χ1) is 11.3. The highest BCUT2D eigenvalue weighted by atomic mass is 32.1. The summed E-state index contributed by atoms with van der Waals surface area (Å²) in [5, 5.41) is 4.80. The lowest BCUT2D eigenvalue weighted by Gasteiger charge is -2.02. The number of hydrogen-bond acceptors (Lipinski definition) is 4. The van der Waals surface area contributed by atoms with Gasteiger partial charge in [-0.1, -0.05) is 6.07 Å². The first-order valence-electron chi connectivity index (χ1n) is 7.26. The maximum absolute atomic E-state index is 11.8. The fourth-order valence-corrected chi connectivity index (χ4v) is 2.83. The molecule has 0 atom stereocenters. The average Bonchev–Trinajstić information content (AvgIpc) is 3.27. The standard InChI is InChI=1S/C17H17N3O2S/c1-22-14-6-4-12(5-7-14)16-19-11-13(20-16)8-9-18-17(21)15-3-2-10-23-15/h2-7,10-11H,8-9H2,1H3,(H,18,21)(H,19,20). The van der Waals surface area contributed by atoms with E-state index in [2.05, 4.69) is 15.3 Å². The highest BCUT2D eigenvalue weighted by Crippen LogP contribution is 2.19. The smallest absolute Gasteiger partial charge is 0.261 e. The van der Waals surface area contributed by atoms with Gasteiger partial charge in [0.05, 0.1) is 12.0 Å². The van der Waals surface area contributed by atoms with Crippen molar-refractivity contribution in [1.82, 2.24) is 15.3 Å². The van der Waals surface area contributed by atoms with E-state index in [0.717, 1.165) is 27.7 Å². The number of methoxy groups -OCH3 is 1. The Hall–Kier alpha value is -2.60. The summed E-state index contributed by atoms with van der Waals surface area (Å²) < 4.78 is 5.15. The molecule has 0 saturated carbocycles. The van der Waals surface area contributed by atoms with Crippen LogP contribution < -0.4 is 10.1 Å². The van der Waals surface area contributed by atoms with Crippen LogP contribution >= 0.6 is 11.3 Å². The third-order valence-corrected chi connectivity index (χ3v) is 4.29. The van der Waals surface area contributed by atoms with Gasteiger partial charge in [-0.25, -0.2) is 4.98 Å². The molecule has 23 heavy (non-hydrogen) atoms. The first kappa shape index (κ1) is 15.3. The number of hydrogen-bond donors (Lipinski definition) is 2. The number of nitrogens with one attached hydrogen (secondary N) is 2. The van der Waals surface area contributed by atoms with Gasteiger partial charge in [-0.05, 0) is 35.7 Å². The monoisotopic (exact) mass is 327 g/mol. The van der Waals surface area contributed by atoms with E-state index in [-0.39, 0.29) is 5.91 Å². The second-order valence-electron chi connectivity index (χ2n) is 4.97. The molecule has 0 aliphatic carbocycles. The zero-order chi connectivity index (χ0) is 16.1. The molecule has 3 rings (SSSR count). The van der Waals surface area contributed by atoms with Crippen LogP contribution in [0.25, 0.3) is 11.4 Å². The van der Waals surface area contributed by atoms with Gasteiger partial charge in [-0.15, -0.1) is 11.3 Å². The minimum absolute atomic E-state index is 0.0325. The molecule has 1 aromatic carbocycles. The number of ether oxygens (including phenoxy) is 1. The van der Waals surface area contributed by atoms with Crippen LogP contribution in [0.4, 0.5) is 0 Å². The number of rotatable bonds is 6. The van der Waals surface area contributed by atoms with Crippen molar-refractivity contribution in [3.63, 3.8) is 0 Å². The zero-order valence-electron chi connectivity index (χ0n) is 12.7. The number of H-pyrrole nitrogens is 1. The van der Waals surface area contributed by atoms with Gasteiger partial charge in [0.25, 0.3) is 5.91 Å². The molecule has 2 aromatic heterocycles. The quantitative estimate of drug-likeness (QED) is 0.731. The molecule has 0 aliphatic rings. The number of aromatic nitrogens is 2. The average molecular weight is 327 g/mol. The predicted octanol–water partition coefficient (Wildman–Crippen LogP) is 3.12. The Morgan fingerprint density at radius 3 is 2.83 bits per heavy atom. The molecule has 6 heteroatoms. The van der Waals surface area contributed by atoms with Gasteiger partial charge in [0.1, 0.15) is 11.6 Å². The molecule has 2 heterocycles. The second kappa shape index (κ2) is 7.11. The van der Waals surface area contributed by atoms with Crippen LogP contribution in [-0.2, 0) is 6.42 Å². The molecule has 0 unspecified atom stereocenters. The Morgan fingerprint density at radius 1 is 1.30 bits per heavy atom. The van der Waals surface area contributed by atoms with Crippen LogP contribution in [0.2, 0.25) is 0 Å². The maximum Gasteiger partial charge on any atom is 0.261 e. The normalized spacial score (nSPS) is 10.5. The molecule has 3 aromatic rings. The van der Waals surface area contributed by atoms with Crippen LogP contribution in [0.1, 0.15) is 15.4 Å². The molecule has 0 spiro atoms. The molecule has 0 fully saturated rings. The number of nitrogens with zero attached hydrogens (tertiary/aromatic N) is 1. The number of imidazole rings is 1. The van der Waals surface area contributed by atoms with E-state index < -0.39 is 0 Å². The van der Waals surface area contributed by atoms with Gasteiger partial charge < -0.3 is 15.0 Å². The SMILES string of the molecule is COc1ccc(-c2ncc(CCNC(=O)c3cccs3)[nH]2)cc1. The summed E-state index contributed by atoms with van der Waals surface area (Å²) in [6, 6.07) is 11.4. The molecule has 0 aliphatic heterocycles. The molecule has 5 nitrogen and oxygen atoms in total. The number of carbonyl (C=O) groups is 1. The lowest BCUT2D eigenvalue weighted by molar-refractivity contribution is 0.0958. The van der Waals surface area contributed by atoms with Crippen molar-refractivity contribution in [1.29, 1.82) is 0 Å². The minimum atomic E-state index is -0.0325. The molecular formula is C17H17N3O2S. The van der Waals surface area contributed by atoms with Gasteiger partial charge in [-0.2, -0.15) is 0 Å². The summed E-state index contributed by atoms with van der Waals surface area (Å²) in [5.41, 5.74) is 1.99. The van der Waals surface area contributed by atoms with Crippen LogP contribution in [0.5, 0.6) is 5.75 Å². The van der Waals surface area contributed by atoms with Gasteiger partial charge in [-0.3, -0.25) is 4.79 Å². The van der Waals surface area contributed by atoms with Crippen molar-refractivity contribution < 1.29 is 9.53 Å². The van der Waals surface area contributed by atoms with E-state index in [1.165, 1.54) is 11.3 Å². The van der Waals surface area contributed by atoms with Crippen molar-refractivity contribution in [2.45, 2.75) is 6.42 Å². The topological polar surface area (TPSA) is 67.0 Å². The fraction of sp³-hybridized carbons (Fsp3) is 0.176. The zero-order valence-corrected chi connectivity index (χ0v) is 13.5. The van der Waals surface area contributed by atoms with Crippen LogP contribution in [-0.4, -0.2) is 29.5 Å². The van der Waals surface area contributed by atoms with Crippen LogP contribution in [0, 0.1) is 0 Å². The molecule has 2 N–H and O–H groups in total. The number of amides is 1. The Labute approximate surface area is 138 Å². The Balaban J connectivity index is 1.55. The van der Waals surface area contributed by atoms with Crippen molar-refractivity contribution in [3.8, 4) is 17.1 Å². The number of aromatic amines is 1. The van der Waals surface area contributed by atoms with E-state index in [1.807, 2.05) is 41.8 Å². The summed E-state index contributed by atoms with van der Waals surface area (Å²) in [6.07, 6.45) is 2.51. The van der Waals surface area contributed by atoms with Gasteiger partial charge in [0.15, 0.2) is 0 Å². The summed E-state index contributed by atoms with van der Waals surface area (Å²) in [7, 11) is 1.64. The molecular weight excluding hydrogens is 310 g/mol. The molecule has 0 saturated heterocycles.